The van der Waals surface area contributed by atoms with Gasteiger partial charge >= 0.3 is 6.09 Å². The zero-order valence-electron chi connectivity index (χ0n) is 11.3. The molecule has 0 aromatic carbocycles. The van der Waals surface area contributed by atoms with Crippen LogP contribution in [-0.4, -0.2) is 35.0 Å². The summed E-state index contributed by atoms with van der Waals surface area (Å²) in [7, 11) is 0. The number of aryl methyl sites for hydroxylation is 1. The van der Waals surface area contributed by atoms with Crippen LogP contribution in [0.3, 0.4) is 0 Å². The molecule has 0 unspecified atom stereocenters. The van der Waals surface area contributed by atoms with Crippen LogP contribution in [0.2, 0.25) is 0 Å². The number of hydrogen-bond acceptors (Lipinski definition) is 5. The van der Waals surface area contributed by atoms with Crippen molar-refractivity contribution in [2.45, 2.75) is 33.3 Å². The van der Waals surface area contributed by atoms with Gasteiger partial charge in [0.2, 0.25) is 0 Å². The van der Waals surface area contributed by atoms with Crippen molar-refractivity contribution in [3.63, 3.8) is 0 Å². The number of amides is 1. The molecule has 100 valence electrons. The molecule has 18 heavy (non-hydrogen) atoms. The molecule has 0 bridgehead atoms. The fraction of sp³-hybridized carbons (Fsp3) is 0.583. The lowest BCUT2D eigenvalue weighted by molar-refractivity contribution is 0.0530. The van der Waals surface area contributed by atoms with Gasteiger partial charge in [-0.15, -0.1) is 5.10 Å². The number of anilines is 1. The summed E-state index contributed by atoms with van der Waals surface area (Å²) in [6.45, 7) is 8.45. The largest absolute Gasteiger partial charge is 0.444 e. The minimum Gasteiger partial charge on any atom is -0.444 e. The van der Waals surface area contributed by atoms with E-state index in [1.807, 2.05) is 33.8 Å². The molecular formula is C12H20N4O2. The number of carbonyl (C=O) groups is 1. The van der Waals surface area contributed by atoms with Gasteiger partial charge in [-0.3, -0.25) is 0 Å². The second kappa shape index (κ2) is 6.18. The third-order valence-corrected chi connectivity index (χ3v) is 1.89. The fourth-order valence-corrected chi connectivity index (χ4v) is 1.22. The number of rotatable bonds is 4. The molecule has 0 saturated heterocycles. The van der Waals surface area contributed by atoms with Crippen LogP contribution < -0.4 is 10.6 Å². The normalized spacial score (nSPS) is 10.9. The van der Waals surface area contributed by atoms with Crippen LogP contribution in [0.15, 0.2) is 12.3 Å². The van der Waals surface area contributed by atoms with E-state index < -0.39 is 11.7 Å². The predicted octanol–water partition coefficient (Wildman–Crippen LogP) is 1.72. The third-order valence-electron chi connectivity index (χ3n) is 1.89. The Morgan fingerprint density at radius 3 is 2.72 bits per heavy atom. The maximum absolute atomic E-state index is 11.3. The van der Waals surface area contributed by atoms with Crippen LogP contribution in [0.4, 0.5) is 10.6 Å². The summed E-state index contributed by atoms with van der Waals surface area (Å²) in [5, 5.41) is 13.4. The Morgan fingerprint density at radius 2 is 2.11 bits per heavy atom. The molecule has 6 nitrogen and oxygen atoms in total. The van der Waals surface area contributed by atoms with Gasteiger partial charge in [0.1, 0.15) is 11.4 Å². The number of alkyl carbamates (subject to hydrolysis) is 1. The molecule has 1 amide bonds. The highest BCUT2D eigenvalue weighted by molar-refractivity contribution is 5.67. The molecule has 0 aliphatic heterocycles. The van der Waals surface area contributed by atoms with E-state index in [9.17, 15) is 4.79 Å². The minimum absolute atomic E-state index is 0.417. The number of aromatic nitrogens is 2. The van der Waals surface area contributed by atoms with E-state index in [1.165, 1.54) is 0 Å². The van der Waals surface area contributed by atoms with Crippen molar-refractivity contribution in [2.24, 2.45) is 0 Å². The maximum Gasteiger partial charge on any atom is 0.407 e. The van der Waals surface area contributed by atoms with Gasteiger partial charge in [-0.05, 0) is 39.3 Å². The summed E-state index contributed by atoms with van der Waals surface area (Å²) in [4.78, 5) is 11.3. The number of nitrogens with zero attached hydrogens (tertiary/aromatic N) is 2. The molecule has 0 aliphatic carbocycles. The first-order chi connectivity index (χ1) is 8.37. The third kappa shape index (κ3) is 6.03. The Kier molecular flexibility index (Phi) is 4.88. The molecule has 0 fully saturated rings. The quantitative estimate of drug-likeness (QED) is 0.798. The van der Waals surface area contributed by atoms with Gasteiger partial charge in [0, 0.05) is 13.1 Å². The highest BCUT2D eigenvalue weighted by Gasteiger charge is 2.15. The molecule has 1 rings (SSSR count). The summed E-state index contributed by atoms with van der Waals surface area (Å²) in [6.07, 6.45) is 1.27. The van der Waals surface area contributed by atoms with E-state index in [0.717, 1.165) is 5.56 Å². The molecule has 0 atom stereocenters. The Hall–Kier alpha value is -1.85. The maximum atomic E-state index is 11.3. The van der Waals surface area contributed by atoms with Crippen LogP contribution in [0.1, 0.15) is 26.3 Å². The van der Waals surface area contributed by atoms with E-state index in [4.69, 9.17) is 4.74 Å². The van der Waals surface area contributed by atoms with Crippen molar-refractivity contribution in [2.75, 3.05) is 18.4 Å². The van der Waals surface area contributed by atoms with Crippen molar-refractivity contribution < 1.29 is 9.53 Å². The van der Waals surface area contributed by atoms with Gasteiger partial charge < -0.3 is 15.4 Å². The highest BCUT2D eigenvalue weighted by Crippen LogP contribution is 2.06. The van der Waals surface area contributed by atoms with Gasteiger partial charge in [0.25, 0.3) is 0 Å². The lowest BCUT2D eigenvalue weighted by atomic mass is 10.2. The minimum atomic E-state index is -0.473. The van der Waals surface area contributed by atoms with E-state index in [1.54, 1.807) is 6.20 Å². The summed E-state index contributed by atoms with van der Waals surface area (Å²) in [5.41, 5.74) is 0.562. The first-order valence-corrected chi connectivity index (χ1v) is 5.87. The molecule has 0 radical (unpaired) electrons. The molecule has 2 N–H and O–H groups in total. The Balaban J connectivity index is 2.21. The summed E-state index contributed by atoms with van der Waals surface area (Å²) >= 11 is 0. The smallest absolute Gasteiger partial charge is 0.407 e. The van der Waals surface area contributed by atoms with E-state index >= 15 is 0 Å². The molecule has 0 aliphatic rings. The molecule has 6 heteroatoms. The molecular weight excluding hydrogens is 232 g/mol. The average Bonchev–Trinajstić information content (AvgIpc) is 2.22. The monoisotopic (exact) mass is 252 g/mol. The first kappa shape index (κ1) is 14.2. The molecule has 1 aromatic rings. The Bertz CT molecular complexity index is 401. The zero-order valence-corrected chi connectivity index (χ0v) is 11.3. The molecule has 0 spiro atoms. The summed E-state index contributed by atoms with van der Waals surface area (Å²) in [5.74, 6) is 0.695. The molecule has 1 aromatic heterocycles. The van der Waals surface area contributed by atoms with E-state index in [0.29, 0.717) is 18.9 Å². The second-order valence-corrected chi connectivity index (χ2v) is 4.97. The lowest BCUT2D eigenvalue weighted by Crippen LogP contribution is -2.35. The molecule has 1 heterocycles. The Morgan fingerprint density at radius 1 is 1.39 bits per heavy atom. The number of nitrogens with one attached hydrogen (secondary N) is 2. The van der Waals surface area contributed by atoms with Crippen LogP contribution >= 0.6 is 0 Å². The standard InChI is InChI=1S/C12H20N4O2/c1-9-7-10(16-15-8-9)13-5-6-14-11(17)18-12(2,3)4/h7-8H,5-6H2,1-4H3,(H,13,16)(H,14,17). The van der Waals surface area contributed by atoms with Crippen molar-refractivity contribution in [1.29, 1.82) is 0 Å². The topological polar surface area (TPSA) is 76.1 Å². The number of carbonyl (C=O) groups excluding carboxylic acids is 1. The van der Waals surface area contributed by atoms with Crippen LogP contribution in [0.5, 0.6) is 0 Å². The summed E-state index contributed by atoms with van der Waals surface area (Å²) < 4.78 is 5.10. The SMILES string of the molecule is Cc1cnnc(NCCNC(=O)OC(C)(C)C)c1. The van der Waals surface area contributed by atoms with Crippen LogP contribution in [0.25, 0.3) is 0 Å². The Labute approximate surface area is 107 Å². The average molecular weight is 252 g/mol. The van der Waals surface area contributed by atoms with E-state index in [2.05, 4.69) is 20.8 Å². The van der Waals surface area contributed by atoms with Gasteiger partial charge in [-0.25, -0.2) is 4.79 Å². The van der Waals surface area contributed by atoms with Gasteiger partial charge in [-0.1, -0.05) is 0 Å². The van der Waals surface area contributed by atoms with Gasteiger partial charge in [0.05, 0.1) is 6.20 Å². The molecule has 0 saturated carbocycles. The summed E-state index contributed by atoms with van der Waals surface area (Å²) in [6, 6.07) is 1.89. The highest BCUT2D eigenvalue weighted by atomic mass is 16.6. The van der Waals surface area contributed by atoms with Crippen LogP contribution in [-0.2, 0) is 4.74 Å². The van der Waals surface area contributed by atoms with Crippen LogP contribution in [0, 0.1) is 6.92 Å². The van der Waals surface area contributed by atoms with Crippen molar-refractivity contribution >= 4 is 11.9 Å². The van der Waals surface area contributed by atoms with Crippen molar-refractivity contribution in [3.8, 4) is 0 Å². The van der Waals surface area contributed by atoms with E-state index in [-0.39, 0.29) is 0 Å². The lowest BCUT2D eigenvalue weighted by Gasteiger charge is -2.19. The van der Waals surface area contributed by atoms with Crippen molar-refractivity contribution in [1.82, 2.24) is 15.5 Å². The van der Waals surface area contributed by atoms with Gasteiger partial charge in [-0.2, -0.15) is 5.10 Å². The fourth-order valence-electron chi connectivity index (χ4n) is 1.22. The second-order valence-electron chi connectivity index (χ2n) is 4.97. The predicted molar refractivity (Wildman–Crippen MR) is 69.5 cm³/mol. The number of ether oxygens (including phenoxy) is 1. The zero-order chi connectivity index (χ0) is 13.6. The first-order valence-electron chi connectivity index (χ1n) is 5.87. The van der Waals surface area contributed by atoms with Crippen molar-refractivity contribution in [3.05, 3.63) is 17.8 Å². The van der Waals surface area contributed by atoms with Gasteiger partial charge in [0.15, 0.2) is 0 Å². The number of hydrogen-bond donors (Lipinski definition) is 2.